The molecule has 1 saturated heterocycles. The molecule has 0 spiro atoms. The summed E-state index contributed by atoms with van der Waals surface area (Å²) in [6.45, 7) is 6.27. The molecule has 0 radical (unpaired) electrons. The van der Waals surface area contributed by atoms with Crippen LogP contribution in [-0.2, 0) is 60.9 Å². The zero-order valence-corrected chi connectivity index (χ0v) is 36.4. The third-order valence-electron chi connectivity index (χ3n) is 8.98. The number of nitrogens with zero attached hydrogens (tertiary/aromatic N) is 1. The van der Waals surface area contributed by atoms with Crippen molar-refractivity contribution in [2.75, 3.05) is 18.4 Å². The molecule has 18 heteroatoms. The van der Waals surface area contributed by atoms with Crippen molar-refractivity contribution in [3.63, 3.8) is 0 Å². The van der Waals surface area contributed by atoms with E-state index >= 15 is 9.13 Å². The molecule has 6 unspecified atom stereocenters. The van der Waals surface area contributed by atoms with E-state index < -0.39 is 69.4 Å². The molecule has 59 heavy (non-hydrogen) atoms. The van der Waals surface area contributed by atoms with Crippen LogP contribution in [0.15, 0.2) is 143 Å². The monoisotopic (exact) mass is 885 g/mol. The number of benzene rings is 3. The van der Waals surface area contributed by atoms with Crippen LogP contribution >= 0.6 is 35.2 Å². The number of nitrogens with two attached hydrogens (primary N) is 1. The molecule has 1 aliphatic rings. The average molecular weight is 886 g/mol. The minimum Gasteiger partial charge on any atom is -0.349 e. The van der Waals surface area contributed by atoms with Gasteiger partial charge in [0.05, 0.1) is 26.4 Å². The van der Waals surface area contributed by atoms with Crippen LogP contribution in [0.4, 0.5) is 0 Å². The van der Waals surface area contributed by atoms with Gasteiger partial charge >= 0.3 is 20.9 Å². The summed E-state index contributed by atoms with van der Waals surface area (Å²) in [5.41, 5.74) is 6.68. The first-order valence-electron chi connectivity index (χ1n) is 18.7. The molecule has 0 amide bonds. The lowest BCUT2D eigenvalue weighted by atomic mass is 10.1. The highest BCUT2D eigenvalue weighted by atomic mass is 32.1. The molecule has 3 N–H and O–H groups in total. The van der Waals surface area contributed by atoms with Crippen LogP contribution in [0, 0.1) is 6.92 Å². The number of allylic oxidation sites excluding steroid dienone is 3. The Labute approximate surface area is 349 Å². The smallest absolute Gasteiger partial charge is 0.341 e. The van der Waals surface area contributed by atoms with Crippen LogP contribution in [0.1, 0.15) is 41.8 Å². The quantitative estimate of drug-likeness (QED) is 0.0296. The standard InChI is InChI=1S/C41H50N3O11P3S/c1-4-15-32(16-5-2)26-53-58(49,55-40(59)38-36(42)23-37(54-38)44-24-31(3)39(45)43-41(44)46)30-56(47,50-25-33-17-9-6-10-18-33)29-57(48,51-27-34-19-11-7-12-20-34)52-28-35-21-13-8-14-22-35/h4-22,24,36-38,40,59H,1,23,25-30,42H2,2-3H3,(H,43,45,46)/b16-5-,32-15+. The predicted octanol–water partition coefficient (Wildman–Crippen LogP) is 8.67. The van der Waals surface area contributed by atoms with Crippen molar-refractivity contribution in [1.29, 1.82) is 0 Å². The van der Waals surface area contributed by atoms with Crippen LogP contribution in [-0.4, -0.2) is 45.5 Å². The lowest BCUT2D eigenvalue weighted by Gasteiger charge is -2.30. The van der Waals surface area contributed by atoms with Gasteiger partial charge in [-0.15, -0.1) is 12.6 Å². The molecule has 2 heterocycles. The summed E-state index contributed by atoms with van der Waals surface area (Å²) in [5, 5.41) is 0. The fraction of sp³-hybridized carbons (Fsp3) is 0.317. The topological polar surface area (TPSA) is 187 Å². The maximum atomic E-state index is 15.4. The minimum absolute atomic E-state index is 0.106. The van der Waals surface area contributed by atoms with Crippen molar-refractivity contribution in [3.8, 4) is 0 Å². The van der Waals surface area contributed by atoms with Crippen LogP contribution in [0.25, 0.3) is 0 Å². The van der Waals surface area contributed by atoms with Crippen molar-refractivity contribution >= 4 is 35.2 Å². The van der Waals surface area contributed by atoms with Gasteiger partial charge in [0.1, 0.15) is 29.6 Å². The first kappa shape index (κ1) is 46.4. The molecule has 0 aliphatic carbocycles. The molecule has 1 fully saturated rings. The number of ether oxygens (including phenoxy) is 1. The first-order chi connectivity index (χ1) is 28.2. The van der Waals surface area contributed by atoms with E-state index in [-0.39, 0.29) is 38.4 Å². The average Bonchev–Trinajstić information content (AvgIpc) is 3.61. The van der Waals surface area contributed by atoms with Crippen LogP contribution in [0.3, 0.4) is 0 Å². The molecule has 4 aromatic rings. The highest BCUT2D eigenvalue weighted by Gasteiger charge is 2.48. The van der Waals surface area contributed by atoms with Gasteiger partial charge in [-0.05, 0) is 36.1 Å². The molecular weight excluding hydrogens is 835 g/mol. The Morgan fingerprint density at radius 3 is 1.93 bits per heavy atom. The second kappa shape index (κ2) is 21.7. The van der Waals surface area contributed by atoms with E-state index in [4.69, 9.17) is 33.1 Å². The van der Waals surface area contributed by atoms with Gasteiger partial charge in [0.25, 0.3) is 5.56 Å². The molecule has 316 valence electrons. The Morgan fingerprint density at radius 1 is 0.881 bits per heavy atom. The maximum absolute atomic E-state index is 15.4. The fourth-order valence-electron chi connectivity index (χ4n) is 6.02. The zero-order chi connectivity index (χ0) is 42.5. The summed E-state index contributed by atoms with van der Waals surface area (Å²) in [7, 11) is -13.4. The summed E-state index contributed by atoms with van der Waals surface area (Å²) in [4.78, 5) is 27.0. The van der Waals surface area contributed by atoms with Crippen LogP contribution < -0.4 is 17.0 Å². The number of rotatable bonds is 22. The van der Waals surface area contributed by atoms with E-state index in [1.807, 2.05) is 18.2 Å². The van der Waals surface area contributed by atoms with Crippen molar-refractivity contribution in [2.45, 2.75) is 63.9 Å². The molecule has 1 aromatic heterocycles. The molecule has 0 saturated carbocycles. The van der Waals surface area contributed by atoms with Gasteiger partial charge in [0.15, 0.2) is 0 Å². The molecule has 0 bridgehead atoms. The van der Waals surface area contributed by atoms with E-state index in [0.717, 1.165) is 0 Å². The number of aromatic nitrogens is 2. The number of H-pyrrole nitrogens is 1. The van der Waals surface area contributed by atoms with E-state index in [0.29, 0.717) is 22.3 Å². The number of hydrogen-bond donors (Lipinski definition) is 3. The van der Waals surface area contributed by atoms with E-state index in [1.165, 1.54) is 16.8 Å². The number of aromatic amines is 1. The normalized spacial score (nSPS) is 19.9. The minimum atomic E-state index is -4.61. The fourth-order valence-corrected chi connectivity index (χ4v) is 16.0. The van der Waals surface area contributed by atoms with Crippen molar-refractivity contribution < 1.29 is 41.1 Å². The van der Waals surface area contributed by atoms with Gasteiger partial charge in [0, 0.05) is 24.2 Å². The zero-order valence-electron chi connectivity index (χ0n) is 32.8. The highest BCUT2D eigenvalue weighted by Crippen LogP contribution is 2.71. The number of hydrogen-bond acceptors (Lipinski definition) is 13. The predicted molar refractivity (Wildman–Crippen MR) is 232 cm³/mol. The third-order valence-corrected chi connectivity index (χ3v) is 18.5. The van der Waals surface area contributed by atoms with Gasteiger partial charge in [-0.25, -0.2) is 4.79 Å². The highest BCUT2D eigenvalue weighted by molar-refractivity contribution is 7.82. The lowest BCUT2D eigenvalue weighted by molar-refractivity contribution is -0.0333. The Bertz CT molecular complexity index is 2280. The van der Waals surface area contributed by atoms with Crippen molar-refractivity contribution in [1.82, 2.24) is 9.55 Å². The summed E-state index contributed by atoms with van der Waals surface area (Å²) < 4.78 is 83.0. The largest absolute Gasteiger partial charge is 0.349 e. The Balaban J connectivity index is 1.49. The molecule has 6 atom stereocenters. The second-order valence-corrected chi connectivity index (χ2v) is 21.9. The molecule has 14 nitrogen and oxygen atoms in total. The lowest BCUT2D eigenvalue weighted by Crippen LogP contribution is -2.38. The maximum Gasteiger partial charge on any atom is 0.341 e. The second-order valence-electron chi connectivity index (χ2n) is 13.8. The van der Waals surface area contributed by atoms with Gasteiger partial charge in [-0.1, -0.05) is 122 Å². The third kappa shape index (κ3) is 13.9. The van der Waals surface area contributed by atoms with Gasteiger partial charge in [-0.2, -0.15) is 0 Å². The summed E-state index contributed by atoms with van der Waals surface area (Å²) in [6, 6.07) is 26.0. The van der Waals surface area contributed by atoms with Gasteiger partial charge in [0.2, 0.25) is 7.37 Å². The summed E-state index contributed by atoms with van der Waals surface area (Å²) >= 11 is 4.61. The Kier molecular flexibility index (Phi) is 17.1. The SMILES string of the molecule is C=C/C=C(\C=C/C)COP(=O)(CP(=O)(CP(=O)(OCc1ccccc1)OCc1ccccc1)OCc1ccccc1)OC(S)C1OC(n2cc(C)c(=O)[nH]c2=O)CC1N. The Morgan fingerprint density at radius 2 is 1.41 bits per heavy atom. The number of nitrogens with one attached hydrogen (secondary N) is 1. The first-order valence-corrected chi connectivity index (χ1v) is 24.7. The van der Waals surface area contributed by atoms with Crippen molar-refractivity contribution in [2.24, 2.45) is 5.73 Å². The molecule has 3 aromatic carbocycles. The summed E-state index contributed by atoms with van der Waals surface area (Å²) in [6.07, 6.45) is 6.09. The summed E-state index contributed by atoms with van der Waals surface area (Å²) in [5.74, 6) is -1.67. The molecule has 5 rings (SSSR count). The number of thiol groups is 1. The Hall–Kier alpha value is -3.68. The molecular formula is C41H50N3O11P3S. The van der Waals surface area contributed by atoms with Crippen LogP contribution in [0.2, 0.25) is 0 Å². The number of aryl methyl sites for hydroxylation is 1. The van der Waals surface area contributed by atoms with E-state index in [9.17, 15) is 14.2 Å². The van der Waals surface area contributed by atoms with Crippen molar-refractivity contribution in [3.05, 3.63) is 177 Å². The van der Waals surface area contributed by atoms with E-state index in [1.54, 1.807) is 105 Å². The van der Waals surface area contributed by atoms with Crippen LogP contribution in [0.5, 0.6) is 0 Å². The van der Waals surface area contributed by atoms with Gasteiger partial charge < -0.3 is 28.6 Å². The van der Waals surface area contributed by atoms with E-state index in [2.05, 4.69) is 24.2 Å². The molecule has 1 aliphatic heterocycles. The van der Waals surface area contributed by atoms with Gasteiger partial charge in [-0.3, -0.25) is 32.6 Å².